The highest BCUT2D eigenvalue weighted by Crippen LogP contribution is 2.33. The van der Waals surface area contributed by atoms with Gasteiger partial charge in [-0.1, -0.05) is 19.3 Å². The van der Waals surface area contributed by atoms with E-state index < -0.39 is 0 Å². The normalized spacial score (nSPS) is 20.9. The van der Waals surface area contributed by atoms with Gasteiger partial charge < -0.3 is 19.9 Å². The molecule has 7 nitrogen and oxygen atoms in total. The maximum atomic E-state index is 5.59. The first kappa shape index (κ1) is 21.1. The lowest BCUT2D eigenvalue weighted by Crippen LogP contribution is -2.60. The number of imidazole rings is 1. The number of hydrogen-bond donors (Lipinski definition) is 2. The molecule has 2 fully saturated rings. The Balaban J connectivity index is 1.42. The van der Waals surface area contributed by atoms with Crippen molar-refractivity contribution < 1.29 is 4.74 Å². The van der Waals surface area contributed by atoms with E-state index >= 15 is 0 Å². The second kappa shape index (κ2) is 10.8. The van der Waals surface area contributed by atoms with Gasteiger partial charge in [0, 0.05) is 57.7 Å². The zero-order chi connectivity index (χ0) is 19.7. The van der Waals surface area contributed by atoms with Crippen LogP contribution in [0.3, 0.4) is 0 Å². The Hall–Kier alpha value is -1.60. The second-order valence-corrected chi connectivity index (χ2v) is 8.11. The van der Waals surface area contributed by atoms with Gasteiger partial charge in [-0.3, -0.25) is 9.89 Å². The zero-order valence-corrected chi connectivity index (χ0v) is 17.8. The molecule has 1 aromatic rings. The Labute approximate surface area is 169 Å². The molecule has 1 aliphatic carbocycles. The number of hydrogen-bond acceptors (Lipinski definition) is 4. The highest BCUT2D eigenvalue weighted by atomic mass is 16.5. The third-order valence-electron chi connectivity index (χ3n) is 6.32. The first-order chi connectivity index (χ1) is 13.7. The van der Waals surface area contributed by atoms with Crippen molar-refractivity contribution in [2.45, 2.75) is 64.0 Å². The number of guanidine groups is 1. The Morgan fingerprint density at radius 2 is 1.96 bits per heavy atom. The van der Waals surface area contributed by atoms with Gasteiger partial charge in [0.1, 0.15) is 5.82 Å². The molecule has 2 heterocycles. The van der Waals surface area contributed by atoms with Crippen molar-refractivity contribution >= 4 is 5.96 Å². The number of aromatic nitrogens is 2. The molecule has 0 unspecified atom stereocenters. The van der Waals surface area contributed by atoms with E-state index in [0.29, 0.717) is 0 Å². The molecular weight excluding hydrogens is 352 g/mol. The first-order valence-corrected chi connectivity index (χ1v) is 11.0. The van der Waals surface area contributed by atoms with E-state index in [9.17, 15) is 0 Å². The topological polar surface area (TPSA) is 66.7 Å². The summed E-state index contributed by atoms with van der Waals surface area (Å²) in [6.45, 7) is 8.84. The number of nitrogens with zero attached hydrogens (tertiary/aromatic N) is 4. The molecule has 1 saturated heterocycles. The van der Waals surface area contributed by atoms with E-state index in [-0.39, 0.29) is 5.54 Å². The number of unbranched alkanes of at least 4 members (excludes halogenated alkanes) is 1. The fraction of sp³-hybridized carbons (Fsp3) is 0.810. The molecule has 0 amide bonds. The minimum absolute atomic E-state index is 0.262. The number of morpholine rings is 1. The van der Waals surface area contributed by atoms with E-state index in [2.05, 4.69) is 43.2 Å². The average Bonchev–Trinajstić information content (AvgIpc) is 3.16. The number of ether oxygens (including phenoxy) is 1. The quantitative estimate of drug-likeness (QED) is 0.405. The SMILES string of the molecule is CN=C(NCCCCn1ccnc1C)NCC1(N2CCOCC2)CCCCC1. The van der Waals surface area contributed by atoms with Crippen LogP contribution < -0.4 is 10.6 Å². The average molecular weight is 391 g/mol. The monoisotopic (exact) mass is 390 g/mol. The molecule has 0 aromatic carbocycles. The fourth-order valence-corrected chi connectivity index (χ4v) is 4.58. The largest absolute Gasteiger partial charge is 0.379 e. The molecule has 3 rings (SSSR count). The second-order valence-electron chi connectivity index (χ2n) is 8.11. The van der Waals surface area contributed by atoms with Crippen LogP contribution in [-0.2, 0) is 11.3 Å². The van der Waals surface area contributed by atoms with Crippen LogP contribution in [0.25, 0.3) is 0 Å². The van der Waals surface area contributed by atoms with Crippen molar-refractivity contribution in [3.63, 3.8) is 0 Å². The summed E-state index contributed by atoms with van der Waals surface area (Å²) in [5.41, 5.74) is 0.262. The van der Waals surface area contributed by atoms with Gasteiger partial charge in [0.05, 0.1) is 13.2 Å². The van der Waals surface area contributed by atoms with Crippen molar-refractivity contribution in [2.24, 2.45) is 4.99 Å². The zero-order valence-electron chi connectivity index (χ0n) is 17.8. The van der Waals surface area contributed by atoms with Crippen LogP contribution in [-0.4, -0.2) is 72.4 Å². The van der Waals surface area contributed by atoms with Crippen LogP contribution in [0, 0.1) is 6.92 Å². The minimum atomic E-state index is 0.262. The molecule has 0 spiro atoms. The standard InChI is InChI=1S/C21H38N6O/c1-19-23-11-13-26(19)12-7-6-10-24-20(22-2)25-18-21(8-4-3-5-9-21)27-14-16-28-17-15-27/h11,13H,3-10,12,14-18H2,1-2H3,(H2,22,24,25). The van der Waals surface area contributed by atoms with E-state index in [1.54, 1.807) is 0 Å². The molecule has 158 valence electrons. The van der Waals surface area contributed by atoms with Crippen molar-refractivity contribution in [3.8, 4) is 0 Å². The smallest absolute Gasteiger partial charge is 0.191 e. The minimum Gasteiger partial charge on any atom is -0.379 e. The number of aryl methyl sites for hydroxylation is 2. The van der Waals surface area contributed by atoms with Crippen LogP contribution >= 0.6 is 0 Å². The summed E-state index contributed by atoms with van der Waals surface area (Å²) in [6.07, 6.45) is 12.8. The molecular formula is C21H38N6O. The Kier molecular flexibility index (Phi) is 8.15. The van der Waals surface area contributed by atoms with Gasteiger partial charge in [-0.05, 0) is 32.6 Å². The van der Waals surface area contributed by atoms with Crippen molar-refractivity contribution in [1.82, 2.24) is 25.1 Å². The Bertz CT molecular complexity index is 602. The predicted molar refractivity (Wildman–Crippen MR) is 114 cm³/mol. The van der Waals surface area contributed by atoms with Crippen molar-refractivity contribution in [1.29, 1.82) is 0 Å². The predicted octanol–water partition coefficient (Wildman–Crippen LogP) is 2.17. The molecule has 7 heteroatoms. The number of aliphatic imine (C=N–C) groups is 1. The van der Waals surface area contributed by atoms with Crippen LogP contribution in [0.4, 0.5) is 0 Å². The van der Waals surface area contributed by atoms with Gasteiger partial charge >= 0.3 is 0 Å². The van der Waals surface area contributed by atoms with Crippen LogP contribution in [0.1, 0.15) is 50.8 Å². The maximum Gasteiger partial charge on any atom is 0.191 e. The summed E-state index contributed by atoms with van der Waals surface area (Å²) in [7, 11) is 1.87. The number of rotatable bonds is 8. The fourth-order valence-electron chi connectivity index (χ4n) is 4.58. The van der Waals surface area contributed by atoms with Crippen molar-refractivity contribution in [2.75, 3.05) is 46.4 Å². The third kappa shape index (κ3) is 5.70. The Morgan fingerprint density at radius 3 is 2.64 bits per heavy atom. The maximum absolute atomic E-state index is 5.59. The molecule has 2 aliphatic rings. The van der Waals surface area contributed by atoms with Crippen LogP contribution in [0.5, 0.6) is 0 Å². The highest BCUT2D eigenvalue weighted by Gasteiger charge is 2.38. The van der Waals surface area contributed by atoms with Crippen molar-refractivity contribution in [3.05, 3.63) is 18.2 Å². The first-order valence-electron chi connectivity index (χ1n) is 11.0. The molecule has 0 bridgehead atoms. The van der Waals surface area contributed by atoms with Gasteiger partial charge in [-0.25, -0.2) is 4.98 Å². The molecule has 0 radical (unpaired) electrons. The summed E-state index contributed by atoms with van der Waals surface area (Å²) in [6, 6.07) is 0. The van der Waals surface area contributed by atoms with Gasteiger partial charge in [0.25, 0.3) is 0 Å². The molecule has 2 N–H and O–H groups in total. The summed E-state index contributed by atoms with van der Waals surface area (Å²) >= 11 is 0. The number of nitrogens with one attached hydrogen (secondary N) is 2. The summed E-state index contributed by atoms with van der Waals surface area (Å²) in [4.78, 5) is 11.4. The lowest BCUT2D eigenvalue weighted by molar-refractivity contribution is -0.0352. The molecule has 1 aliphatic heterocycles. The summed E-state index contributed by atoms with van der Waals surface area (Å²) in [5.74, 6) is 2.02. The van der Waals surface area contributed by atoms with Crippen LogP contribution in [0.15, 0.2) is 17.4 Å². The van der Waals surface area contributed by atoms with Gasteiger partial charge in [-0.2, -0.15) is 0 Å². The lowest BCUT2D eigenvalue weighted by Gasteiger charge is -2.48. The van der Waals surface area contributed by atoms with E-state index in [0.717, 1.165) is 70.6 Å². The molecule has 28 heavy (non-hydrogen) atoms. The molecule has 1 aromatic heterocycles. The van der Waals surface area contributed by atoms with E-state index in [1.165, 1.54) is 32.1 Å². The summed E-state index contributed by atoms with van der Waals surface area (Å²) < 4.78 is 7.80. The van der Waals surface area contributed by atoms with E-state index in [4.69, 9.17) is 4.74 Å². The summed E-state index contributed by atoms with van der Waals surface area (Å²) in [5, 5.41) is 7.13. The molecule has 0 atom stereocenters. The molecule has 1 saturated carbocycles. The Morgan fingerprint density at radius 1 is 1.18 bits per heavy atom. The van der Waals surface area contributed by atoms with Gasteiger partial charge in [0.2, 0.25) is 0 Å². The lowest BCUT2D eigenvalue weighted by atomic mass is 9.80. The van der Waals surface area contributed by atoms with Gasteiger partial charge in [-0.15, -0.1) is 0 Å². The van der Waals surface area contributed by atoms with E-state index in [1.807, 2.05) is 13.2 Å². The van der Waals surface area contributed by atoms with Crippen LogP contribution in [0.2, 0.25) is 0 Å². The van der Waals surface area contributed by atoms with Gasteiger partial charge in [0.15, 0.2) is 5.96 Å². The highest BCUT2D eigenvalue weighted by molar-refractivity contribution is 5.79. The third-order valence-corrected chi connectivity index (χ3v) is 6.32.